The number of ether oxygens (including phenoxy) is 1. The summed E-state index contributed by atoms with van der Waals surface area (Å²) in [6.45, 7) is 4.39. The summed E-state index contributed by atoms with van der Waals surface area (Å²) in [7, 11) is -3.59. The summed E-state index contributed by atoms with van der Waals surface area (Å²) in [6.07, 6.45) is 1.72. The normalized spacial score (nSPS) is 14.0. The van der Waals surface area contributed by atoms with Crippen molar-refractivity contribution in [2.75, 3.05) is 13.2 Å². The van der Waals surface area contributed by atoms with E-state index in [0.29, 0.717) is 18.7 Å². The molecule has 0 atom stereocenters. The Bertz CT molecular complexity index is 937. The lowest BCUT2D eigenvalue weighted by Gasteiger charge is -2.12. The number of hydrogen-bond acceptors (Lipinski definition) is 4. The first-order valence-electron chi connectivity index (χ1n) is 8.96. The molecule has 3 rings (SSSR count). The molecule has 0 saturated heterocycles. The molecule has 0 heterocycles. The molecule has 2 aromatic rings. The van der Waals surface area contributed by atoms with Gasteiger partial charge in [-0.2, -0.15) is 0 Å². The molecule has 0 aliphatic heterocycles. The Balaban J connectivity index is 1.60. The number of aryl methyl sites for hydroxylation is 2. The van der Waals surface area contributed by atoms with E-state index in [9.17, 15) is 13.2 Å². The lowest BCUT2D eigenvalue weighted by molar-refractivity contribution is 0.0946. The van der Waals surface area contributed by atoms with Crippen LogP contribution in [-0.4, -0.2) is 33.5 Å². The fourth-order valence-corrected chi connectivity index (χ4v) is 3.97. The van der Waals surface area contributed by atoms with Gasteiger partial charge in [-0.3, -0.25) is 4.79 Å². The highest BCUT2D eigenvalue weighted by Gasteiger charge is 2.28. The summed E-state index contributed by atoms with van der Waals surface area (Å²) < 4.78 is 33.0. The molecule has 144 valence electrons. The summed E-state index contributed by atoms with van der Waals surface area (Å²) in [5, 5.41) is 2.78. The van der Waals surface area contributed by atoms with Crippen molar-refractivity contribution in [2.24, 2.45) is 0 Å². The number of amides is 1. The SMILES string of the molecule is Cc1ccccc1OCCNC(=O)c1cc(S(=O)(=O)NC2CC2)ccc1C. The van der Waals surface area contributed by atoms with Crippen LogP contribution in [0.25, 0.3) is 0 Å². The van der Waals surface area contributed by atoms with Crippen molar-refractivity contribution in [1.82, 2.24) is 10.0 Å². The van der Waals surface area contributed by atoms with Crippen LogP contribution in [0.4, 0.5) is 0 Å². The van der Waals surface area contributed by atoms with Crippen LogP contribution in [0.3, 0.4) is 0 Å². The minimum absolute atomic E-state index is 0.0205. The van der Waals surface area contributed by atoms with Gasteiger partial charge in [0.2, 0.25) is 10.0 Å². The van der Waals surface area contributed by atoms with E-state index in [1.165, 1.54) is 12.1 Å². The Hall–Kier alpha value is -2.38. The van der Waals surface area contributed by atoms with Gasteiger partial charge in [0.05, 0.1) is 11.4 Å². The summed E-state index contributed by atoms with van der Waals surface area (Å²) in [6, 6.07) is 12.3. The first kappa shape index (κ1) is 19.4. The van der Waals surface area contributed by atoms with Crippen molar-refractivity contribution in [2.45, 2.75) is 37.6 Å². The zero-order valence-corrected chi connectivity index (χ0v) is 16.3. The lowest BCUT2D eigenvalue weighted by atomic mass is 10.1. The van der Waals surface area contributed by atoms with Crippen LogP contribution in [-0.2, 0) is 10.0 Å². The minimum Gasteiger partial charge on any atom is -0.491 e. The molecular formula is C20H24N2O4S. The van der Waals surface area contributed by atoms with Gasteiger partial charge in [-0.25, -0.2) is 13.1 Å². The van der Waals surface area contributed by atoms with E-state index in [1.807, 2.05) is 31.2 Å². The molecular weight excluding hydrogens is 364 g/mol. The largest absolute Gasteiger partial charge is 0.491 e. The van der Waals surface area contributed by atoms with E-state index in [1.54, 1.807) is 13.0 Å². The van der Waals surface area contributed by atoms with E-state index >= 15 is 0 Å². The van der Waals surface area contributed by atoms with E-state index < -0.39 is 10.0 Å². The monoisotopic (exact) mass is 388 g/mol. The summed E-state index contributed by atoms with van der Waals surface area (Å²) in [4.78, 5) is 12.6. The molecule has 1 saturated carbocycles. The highest BCUT2D eigenvalue weighted by atomic mass is 32.2. The molecule has 0 radical (unpaired) electrons. The van der Waals surface area contributed by atoms with Crippen LogP contribution in [0.15, 0.2) is 47.4 Å². The fourth-order valence-electron chi connectivity index (χ4n) is 2.64. The van der Waals surface area contributed by atoms with Gasteiger partial charge in [-0.1, -0.05) is 24.3 Å². The average Bonchev–Trinajstić information content (AvgIpc) is 3.43. The van der Waals surface area contributed by atoms with Gasteiger partial charge in [0.25, 0.3) is 5.91 Å². The van der Waals surface area contributed by atoms with Crippen LogP contribution in [0.5, 0.6) is 5.75 Å². The van der Waals surface area contributed by atoms with Crippen LogP contribution >= 0.6 is 0 Å². The predicted octanol–water partition coefficient (Wildman–Crippen LogP) is 2.55. The third kappa shape index (κ3) is 5.08. The first-order chi connectivity index (χ1) is 12.9. The van der Waals surface area contributed by atoms with Crippen molar-refractivity contribution in [3.63, 3.8) is 0 Å². The Morgan fingerprint density at radius 1 is 1.11 bits per heavy atom. The van der Waals surface area contributed by atoms with Crippen molar-refractivity contribution in [3.8, 4) is 5.75 Å². The Morgan fingerprint density at radius 3 is 2.56 bits per heavy atom. The molecule has 2 aromatic carbocycles. The summed E-state index contributed by atoms with van der Waals surface area (Å²) in [5.74, 6) is 0.464. The van der Waals surface area contributed by atoms with Gasteiger partial charge >= 0.3 is 0 Å². The molecule has 1 fully saturated rings. The van der Waals surface area contributed by atoms with E-state index in [2.05, 4.69) is 10.0 Å². The van der Waals surface area contributed by atoms with Gasteiger partial charge in [-0.05, 0) is 56.0 Å². The molecule has 2 N–H and O–H groups in total. The maximum Gasteiger partial charge on any atom is 0.251 e. The van der Waals surface area contributed by atoms with Crippen molar-refractivity contribution in [3.05, 3.63) is 59.2 Å². The maximum absolute atomic E-state index is 12.5. The molecule has 1 aliphatic rings. The van der Waals surface area contributed by atoms with Gasteiger partial charge in [0.1, 0.15) is 12.4 Å². The molecule has 0 aromatic heterocycles. The molecule has 0 bridgehead atoms. The zero-order chi connectivity index (χ0) is 19.4. The molecule has 1 amide bonds. The standard InChI is InChI=1S/C20H24N2O4S/c1-14-7-10-17(27(24,25)22-16-8-9-16)13-18(14)20(23)21-11-12-26-19-6-4-3-5-15(19)2/h3-7,10,13,16,22H,8-9,11-12H2,1-2H3,(H,21,23). The van der Waals surface area contributed by atoms with Gasteiger partial charge in [0, 0.05) is 11.6 Å². The number of hydrogen-bond donors (Lipinski definition) is 2. The molecule has 7 heteroatoms. The average molecular weight is 388 g/mol. The van der Waals surface area contributed by atoms with Crippen LogP contribution in [0, 0.1) is 13.8 Å². The second-order valence-electron chi connectivity index (χ2n) is 6.74. The molecule has 6 nitrogen and oxygen atoms in total. The van der Waals surface area contributed by atoms with Gasteiger partial charge in [-0.15, -0.1) is 0 Å². The number of benzene rings is 2. The number of carbonyl (C=O) groups excluding carboxylic acids is 1. The summed E-state index contributed by atoms with van der Waals surface area (Å²) in [5.41, 5.74) is 2.10. The topological polar surface area (TPSA) is 84.5 Å². The highest BCUT2D eigenvalue weighted by Crippen LogP contribution is 2.23. The zero-order valence-electron chi connectivity index (χ0n) is 15.5. The van der Waals surface area contributed by atoms with E-state index in [0.717, 1.165) is 29.7 Å². The van der Waals surface area contributed by atoms with Gasteiger partial charge in [0.15, 0.2) is 0 Å². The quantitative estimate of drug-likeness (QED) is 0.681. The first-order valence-corrected chi connectivity index (χ1v) is 10.4. The van der Waals surface area contributed by atoms with Crippen molar-refractivity contribution >= 4 is 15.9 Å². The minimum atomic E-state index is -3.59. The second-order valence-corrected chi connectivity index (χ2v) is 8.46. The molecule has 0 spiro atoms. The number of carbonyl (C=O) groups is 1. The fraction of sp³-hybridized carbons (Fsp3) is 0.350. The lowest BCUT2D eigenvalue weighted by Crippen LogP contribution is -2.30. The molecule has 27 heavy (non-hydrogen) atoms. The van der Waals surface area contributed by atoms with Crippen LogP contribution < -0.4 is 14.8 Å². The Kier molecular flexibility index (Phi) is 5.82. The number of sulfonamides is 1. The summed E-state index contributed by atoms with van der Waals surface area (Å²) >= 11 is 0. The number of para-hydroxylation sites is 1. The third-order valence-corrected chi connectivity index (χ3v) is 5.92. The van der Waals surface area contributed by atoms with E-state index in [4.69, 9.17) is 4.74 Å². The maximum atomic E-state index is 12.5. The number of nitrogens with one attached hydrogen (secondary N) is 2. The van der Waals surface area contributed by atoms with Crippen molar-refractivity contribution < 1.29 is 17.9 Å². The smallest absolute Gasteiger partial charge is 0.251 e. The third-order valence-electron chi connectivity index (χ3n) is 4.40. The Morgan fingerprint density at radius 2 is 1.85 bits per heavy atom. The van der Waals surface area contributed by atoms with Gasteiger partial charge < -0.3 is 10.1 Å². The van der Waals surface area contributed by atoms with Crippen molar-refractivity contribution in [1.29, 1.82) is 0 Å². The Labute approximate surface area is 160 Å². The van der Waals surface area contributed by atoms with E-state index in [-0.39, 0.29) is 16.8 Å². The molecule has 1 aliphatic carbocycles. The van der Waals surface area contributed by atoms with Crippen LogP contribution in [0.2, 0.25) is 0 Å². The highest BCUT2D eigenvalue weighted by molar-refractivity contribution is 7.89. The van der Waals surface area contributed by atoms with Crippen LogP contribution in [0.1, 0.15) is 34.3 Å². The predicted molar refractivity (Wildman–Crippen MR) is 104 cm³/mol. The second kappa shape index (κ2) is 8.10. The number of rotatable bonds is 8. The molecule has 0 unspecified atom stereocenters.